The van der Waals surface area contributed by atoms with Gasteiger partial charge in [0.05, 0.1) is 0 Å². The van der Waals surface area contributed by atoms with E-state index in [1.54, 1.807) is 0 Å². The van der Waals surface area contributed by atoms with Crippen molar-refractivity contribution in [3.63, 3.8) is 0 Å². The summed E-state index contributed by atoms with van der Waals surface area (Å²) in [7, 11) is 0. The Bertz CT molecular complexity index is 1380. The molecule has 0 aromatic carbocycles. The number of ether oxygens (including phenoxy) is 3. The first-order valence-electron chi connectivity index (χ1n) is 28.7. The van der Waals surface area contributed by atoms with E-state index in [0.29, 0.717) is 19.3 Å². The average molecular weight is 960 g/mol. The summed E-state index contributed by atoms with van der Waals surface area (Å²) in [5.41, 5.74) is 0. The molecule has 0 aromatic heterocycles. The number of unbranched alkanes of at least 4 members (excludes halogenated alkanes) is 24. The highest BCUT2D eigenvalue weighted by atomic mass is 16.6. The van der Waals surface area contributed by atoms with E-state index in [1.165, 1.54) is 135 Å². The molecule has 1 atom stereocenters. The van der Waals surface area contributed by atoms with E-state index < -0.39 is 6.10 Å². The number of hydrogen-bond donors (Lipinski definition) is 0. The molecule has 6 heteroatoms. The van der Waals surface area contributed by atoms with Gasteiger partial charge in [-0.25, -0.2) is 0 Å². The molecule has 6 nitrogen and oxygen atoms in total. The van der Waals surface area contributed by atoms with Crippen LogP contribution >= 0.6 is 0 Å². The fourth-order valence-corrected chi connectivity index (χ4v) is 7.74. The van der Waals surface area contributed by atoms with Gasteiger partial charge in [-0.2, -0.15) is 0 Å². The molecule has 0 aliphatic heterocycles. The maximum absolute atomic E-state index is 12.8. The average Bonchev–Trinajstić information content (AvgIpc) is 3.35. The first kappa shape index (κ1) is 65.3. The summed E-state index contributed by atoms with van der Waals surface area (Å²) in [5.74, 6) is -0.968. The van der Waals surface area contributed by atoms with Gasteiger partial charge in [0.15, 0.2) is 6.10 Å². The van der Waals surface area contributed by atoms with Gasteiger partial charge >= 0.3 is 17.9 Å². The Balaban J connectivity index is 4.47. The molecule has 0 aromatic rings. The summed E-state index contributed by atoms with van der Waals surface area (Å²) in [5, 5.41) is 0. The Morgan fingerprint density at radius 1 is 0.304 bits per heavy atom. The van der Waals surface area contributed by atoms with Gasteiger partial charge in [-0.05, 0) is 116 Å². The number of rotatable bonds is 51. The van der Waals surface area contributed by atoms with Gasteiger partial charge in [0.2, 0.25) is 0 Å². The summed E-state index contributed by atoms with van der Waals surface area (Å²) in [6.45, 7) is 6.44. The summed E-state index contributed by atoms with van der Waals surface area (Å²) >= 11 is 0. The van der Waals surface area contributed by atoms with Gasteiger partial charge < -0.3 is 14.2 Å². The predicted molar refractivity (Wildman–Crippen MR) is 297 cm³/mol. The van der Waals surface area contributed by atoms with Crippen molar-refractivity contribution in [3.8, 4) is 0 Å². The smallest absolute Gasteiger partial charge is 0.306 e. The van der Waals surface area contributed by atoms with Crippen LogP contribution in [0.4, 0.5) is 0 Å². The Morgan fingerprint density at radius 3 is 0.971 bits per heavy atom. The molecule has 0 unspecified atom stereocenters. The molecule has 0 rings (SSSR count). The van der Waals surface area contributed by atoms with Gasteiger partial charge in [-0.15, -0.1) is 0 Å². The Hall–Kier alpha value is -3.67. The molecule has 0 aliphatic carbocycles. The van der Waals surface area contributed by atoms with Crippen molar-refractivity contribution >= 4 is 17.9 Å². The normalized spacial score (nSPS) is 12.8. The quantitative estimate of drug-likeness (QED) is 0.0262. The van der Waals surface area contributed by atoms with Crippen LogP contribution in [0, 0.1) is 0 Å². The van der Waals surface area contributed by atoms with Gasteiger partial charge in [0.1, 0.15) is 13.2 Å². The first-order valence-corrected chi connectivity index (χ1v) is 28.7. The molecule has 0 radical (unpaired) electrons. The minimum Gasteiger partial charge on any atom is -0.462 e. The lowest BCUT2D eigenvalue weighted by atomic mass is 10.1. The third-order valence-corrected chi connectivity index (χ3v) is 12.0. The molecule has 394 valence electrons. The Morgan fingerprint density at radius 2 is 0.580 bits per heavy atom. The van der Waals surface area contributed by atoms with Crippen molar-refractivity contribution in [3.05, 3.63) is 97.2 Å². The molecule has 0 spiro atoms. The first-order chi connectivity index (χ1) is 34.0. The highest BCUT2D eigenvalue weighted by Gasteiger charge is 2.19. The van der Waals surface area contributed by atoms with Crippen molar-refractivity contribution in [2.75, 3.05) is 13.2 Å². The van der Waals surface area contributed by atoms with Crippen LogP contribution in [0.3, 0.4) is 0 Å². The molecule has 0 aliphatic rings. The highest BCUT2D eigenvalue weighted by Crippen LogP contribution is 2.14. The number of carbonyl (C=O) groups excluding carboxylic acids is 3. The fraction of sp³-hybridized carbons (Fsp3) is 0.698. The second-order valence-corrected chi connectivity index (χ2v) is 18.8. The zero-order valence-corrected chi connectivity index (χ0v) is 45.0. The van der Waals surface area contributed by atoms with Gasteiger partial charge in [0.25, 0.3) is 0 Å². The zero-order chi connectivity index (χ0) is 50.0. The monoisotopic (exact) mass is 959 g/mol. The molecule has 0 fully saturated rings. The third kappa shape index (κ3) is 55.1. The van der Waals surface area contributed by atoms with Crippen LogP contribution in [-0.2, 0) is 28.6 Å². The molecule has 0 saturated carbocycles. The zero-order valence-electron chi connectivity index (χ0n) is 45.0. The molecule has 0 heterocycles. The lowest BCUT2D eigenvalue weighted by molar-refractivity contribution is -0.167. The number of carbonyl (C=O) groups is 3. The van der Waals surface area contributed by atoms with E-state index in [4.69, 9.17) is 14.2 Å². The maximum atomic E-state index is 12.8. The molecule has 0 saturated heterocycles. The van der Waals surface area contributed by atoms with Crippen molar-refractivity contribution in [1.82, 2.24) is 0 Å². The van der Waals surface area contributed by atoms with Crippen LogP contribution in [0.25, 0.3) is 0 Å². The number of hydrogen-bond acceptors (Lipinski definition) is 6. The van der Waals surface area contributed by atoms with Gasteiger partial charge in [-0.3, -0.25) is 14.4 Å². The van der Waals surface area contributed by atoms with Crippen LogP contribution in [0.1, 0.15) is 265 Å². The summed E-state index contributed by atoms with van der Waals surface area (Å²) in [4.78, 5) is 38.1. The molecule has 69 heavy (non-hydrogen) atoms. The second kappa shape index (κ2) is 56.9. The van der Waals surface area contributed by atoms with E-state index in [1.807, 2.05) is 0 Å². The lowest BCUT2D eigenvalue weighted by Gasteiger charge is -2.18. The van der Waals surface area contributed by atoms with E-state index in [-0.39, 0.29) is 37.5 Å². The second-order valence-electron chi connectivity index (χ2n) is 18.8. The van der Waals surface area contributed by atoms with E-state index in [9.17, 15) is 14.4 Å². The minimum atomic E-state index is -0.812. The largest absolute Gasteiger partial charge is 0.462 e. The van der Waals surface area contributed by atoms with Crippen LogP contribution in [0.15, 0.2) is 97.2 Å². The maximum Gasteiger partial charge on any atom is 0.306 e. The summed E-state index contributed by atoms with van der Waals surface area (Å²) in [6, 6.07) is 0. The molecular weight excluding hydrogens is 853 g/mol. The molecular formula is C63H106O6. The van der Waals surface area contributed by atoms with Crippen LogP contribution < -0.4 is 0 Å². The van der Waals surface area contributed by atoms with Crippen LogP contribution in [0.5, 0.6) is 0 Å². The molecule has 0 amide bonds. The van der Waals surface area contributed by atoms with E-state index >= 15 is 0 Å². The summed E-state index contributed by atoms with van der Waals surface area (Å²) in [6.07, 6.45) is 75.4. The van der Waals surface area contributed by atoms with E-state index in [2.05, 4.69) is 118 Å². The standard InChI is InChI=1S/C63H106O6/c1-4-7-10-13-16-19-22-25-28-30-31-33-35-38-41-44-47-50-53-56-62(65)68-59-60(58-67-61(64)55-52-49-46-43-40-37-34-27-24-21-18-15-12-9-6-3)69-63(66)57-54-51-48-45-42-39-36-32-29-26-23-20-17-14-11-8-5-2/h8,11,16-17,19-21,24-26,28-29,36,39,45,48,60H,4-7,9-10,12-15,18,22-23,27,30-35,37-38,40-44,46-47,49-59H2,1-3H3/b11-8+,19-16+,20-17+,24-21+,28-25+,29-26+,39-36+,48-45+/t60-/m1/s1. The van der Waals surface area contributed by atoms with Crippen molar-refractivity contribution in [2.45, 2.75) is 271 Å². The molecule has 0 N–H and O–H groups in total. The van der Waals surface area contributed by atoms with Gasteiger partial charge in [-0.1, -0.05) is 227 Å². The predicted octanol–water partition coefficient (Wildman–Crippen LogP) is 19.3. The fourth-order valence-electron chi connectivity index (χ4n) is 7.74. The molecule has 0 bridgehead atoms. The minimum absolute atomic E-state index is 0.104. The number of allylic oxidation sites excluding steroid dienone is 16. The van der Waals surface area contributed by atoms with E-state index in [0.717, 1.165) is 83.5 Å². The van der Waals surface area contributed by atoms with Crippen molar-refractivity contribution in [1.29, 1.82) is 0 Å². The van der Waals surface area contributed by atoms with Gasteiger partial charge in [0, 0.05) is 19.3 Å². The van der Waals surface area contributed by atoms with Crippen molar-refractivity contribution in [2.24, 2.45) is 0 Å². The SMILES string of the molecule is CC/C=C/C/C=C/C/C=C/C/C=C/C/C=C/CCCC(=O)O[C@H](COC(=O)CCCCCCCCC/C=C/CCCCCC)COC(=O)CCCCCCCCCCC/C=C/C/C=C/CCCCC. The van der Waals surface area contributed by atoms with Crippen LogP contribution in [-0.4, -0.2) is 37.2 Å². The Labute approximate surface area is 426 Å². The third-order valence-electron chi connectivity index (χ3n) is 12.0. The topological polar surface area (TPSA) is 78.9 Å². The Kier molecular flexibility index (Phi) is 53.9. The highest BCUT2D eigenvalue weighted by molar-refractivity contribution is 5.71. The number of esters is 3. The lowest BCUT2D eigenvalue weighted by Crippen LogP contribution is -2.30. The summed E-state index contributed by atoms with van der Waals surface area (Å²) < 4.78 is 16.8. The van der Waals surface area contributed by atoms with Crippen LogP contribution in [0.2, 0.25) is 0 Å². The van der Waals surface area contributed by atoms with Crippen molar-refractivity contribution < 1.29 is 28.6 Å².